The average molecular weight is 317 g/mol. The summed E-state index contributed by atoms with van der Waals surface area (Å²) in [5.74, 6) is 0. The number of hydrogen-bond donors (Lipinski definition) is 1. The third-order valence-electron chi connectivity index (χ3n) is 3.71. The van der Waals surface area contributed by atoms with E-state index in [0.717, 1.165) is 13.1 Å². The van der Waals surface area contributed by atoms with E-state index in [0.29, 0.717) is 22.1 Å². The average Bonchev–Trinajstić information content (AvgIpc) is 2.40. The van der Waals surface area contributed by atoms with Gasteiger partial charge in [-0.15, -0.1) is 0 Å². The number of nitrogens with zero attached hydrogens (tertiary/aromatic N) is 1. The lowest BCUT2D eigenvalue weighted by Crippen LogP contribution is -2.28. The van der Waals surface area contributed by atoms with Crippen molar-refractivity contribution in [3.8, 4) is 0 Å². The quantitative estimate of drug-likeness (QED) is 0.695. The Kier molecular flexibility index (Phi) is 7.90. The largest absolute Gasteiger partial charge is 0.310 e. The van der Waals surface area contributed by atoms with Crippen LogP contribution in [-0.2, 0) is 0 Å². The minimum atomic E-state index is 0.299. The maximum Gasteiger partial charge on any atom is 0.0595 e. The third-order valence-corrected chi connectivity index (χ3v) is 4.45. The number of rotatable bonds is 8. The van der Waals surface area contributed by atoms with Crippen LogP contribution in [0.15, 0.2) is 18.2 Å². The Morgan fingerprint density at radius 3 is 2.40 bits per heavy atom. The Labute approximate surface area is 133 Å². The van der Waals surface area contributed by atoms with Gasteiger partial charge in [-0.05, 0) is 71.4 Å². The van der Waals surface area contributed by atoms with Gasteiger partial charge in [0.25, 0.3) is 0 Å². The summed E-state index contributed by atoms with van der Waals surface area (Å²) in [4.78, 5) is 2.38. The SMILES string of the molecule is CC(NCCCCN(C)C(C)C)c1ccc(Cl)c(Cl)c1. The van der Waals surface area contributed by atoms with Crippen molar-refractivity contribution < 1.29 is 0 Å². The lowest BCUT2D eigenvalue weighted by atomic mass is 10.1. The molecule has 0 bridgehead atoms. The van der Waals surface area contributed by atoms with Gasteiger partial charge in [-0.3, -0.25) is 0 Å². The molecule has 0 fully saturated rings. The topological polar surface area (TPSA) is 15.3 Å². The van der Waals surface area contributed by atoms with Crippen molar-refractivity contribution in [2.75, 3.05) is 20.1 Å². The zero-order valence-corrected chi connectivity index (χ0v) is 14.4. The molecule has 20 heavy (non-hydrogen) atoms. The first-order valence-electron chi connectivity index (χ1n) is 7.30. The highest BCUT2D eigenvalue weighted by Crippen LogP contribution is 2.25. The van der Waals surface area contributed by atoms with E-state index < -0.39 is 0 Å². The number of halogens is 2. The fraction of sp³-hybridized carbons (Fsp3) is 0.625. The van der Waals surface area contributed by atoms with Gasteiger partial charge in [0, 0.05) is 12.1 Å². The van der Waals surface area contributed by atoms with E-state index in [1.54, 1.807) is 0 Å². The van der Waals surface area contributed by atoms with Crippen LogP contribution in [0.25, 0.3) is 0 Å². The van der Waals surface area contributed by atoms with Gasteiger partial charge in [0.1, 0.15) is 0 Å². The second-order valence-electron chi connectivity index (χ2n) is 5.63. The molecule has 0 saturated carbocycles. The first-order valence-corrected chi connectivity index (χ1v) is 8.06. The van der Waals surface area contributed by atoms with Crippen molar-refractivity contribution >= 4 is 23.2 Å². The Hall–Kier alpha value is -0.280. The van der Waals surface area contributed by atoms with Crippen molar-refractivity contribution in [2.45, 2.75) is 45.7 Å². The first kappa shape index (κ1) is 17.8. The van der Waals surface area contributed by atoms with Crippen molar-refractivity contribution in [3.05, 3.63) is 33.8 Å². The summed E-state index contributed by atoms with van der Waals surface area (Å²) >= 11 is 12.0. The van der Waals surface area contributed by atoms with Crippen molar-refractivity contribution in [3.63, 3.8) is 0 Å². The molecular weight excluding hydrogens is 291 g/mol. The molecule has 1 aromatic carbocycles. The minimum absolute atomic E-state index is 0.299. The molecule has 1 atom stereocenters. The highest BCUT2D eigenvalue weighted by Gasteiger charge is 2.07. The molecule has 0 heterocycles. The fourth-order valence-corrected chi connectivity index (χ4v) is 2.27. The monoisotopic (exact) mass is 316 g/mol. The van der Waals surface area contributed by atoms with E-state index in [-0.39, 0.29) is 0 Å². The number of benzene rings is 1. The summed E-state index contributed by atoms with van der Waals surface area (Å²) < 4.78 is 0. The molecule has 0 saturated heterocycles. The summed E-state index contributed by atoms with van der Waals surface area (Å²) in [6, 6.07) is 6.74. The van der Waals surface area contributed by atoms with Crippen LogP contribution in [0, 0.1) is 0 Å². The summed E-state index contributed by atoms with van der Waals surface area (Å²) in [6.07, 6.45) is 2.40. The first-order chi connectivity index (χ1) is 9.41. The maximum absolute atomic E-state index is 6.04. The van der Waals surface area contributed by atoms with Gasteiger partial charge in [-0.1, -0.05) is 29.3 Å². The van der Waals surface area contributed by atoms with Crippen LogP contribution >= 0.6 is 23.2 Å². The normalized spacial score (nSPS) is 13.2. The Morgan fingerprint density at radius 1 is 1.10 bits per heavy atom. The molecule has 0 aliphatic heterocycles. The van der Waals surface area contributed by atoms with Crippen molar-refractivity contribution in [1.82, 2.24) is 10.2 Å². The Balaban J connectivity index is 2.26. The van der Waals surface area contributed by atoms with Crippen LogP contribution in [0.1, 0.15) is 45.2 Å². The Bertz CT molecular complexity index is 407. The van der Waals surface area contributed by atoms with E-state index in [4.69, 9.17) is 23.2 Å². The predicted octanol–water partition coefficient (Wildman–Crippen LogP) is 4.76. The summed E-state index contributed by atoms with van der Waals surface area (Å²) in [5, 5.41) is 4.76. The molecule has 1 rings (SSSR count). The molecule has 114 valence electrons. The van der Waals surface area contributed by atoms with E-state index >= 15 is 0 Å². The van der Waals surface area contributed by atoms with Gasteiger partial charge in [0.05, 0.1) is 10.0 Å². The third kappa shape index (κ3) is 6.01. The molecule has 0 aliphatic rings. The number of unbranched alkanes of at least 4 members (excludes halogenated alkanes) is 1. The van der Waals surface area contributed by atoms with E-state index in [9.17, 15) is 0 Å². The van der Waals surface area contributed by atoms with Crippen LogP contribution in [0.2, 0.25) is 10.0 Å². The predicted molar refractivity (Wildman–Crippen MR) is 89.9 cm³/mol. The van der Waals surface area contributed by atoms with Crippen LogP contribution < -0.4 is 5.32 Å². The number of hydrogen-bond acceptors (Lipinski definition) is 2. The van der Waals surface area contributed by atoms with Gasteiger partial charge in [0.15, 0.2) is 0 Å². The minimum Gasteiger partial charge on any atom is -0.310 e. The molecule has 0 amide bonds. The van der Waals surface area contributed by atoms with Crippen molar-refractivity contribution in [2.24, 2.45) is 0 Å². The zero-order chi connectivity index (χ0) is 15.1. The van der Waals surface area contributed by atoms with Crippen molar-refractivity contribution in [1.29, 1.82) is 0 Å². The van der Waals surface area contributed by atoms with Gasteiger partial charge in [-0.25, -0.2) is 0 Å². The molecular formula is C16H26Cl2N2. The molecule has 1 unspecified atom stereocenters. The Morgan fingerprint density at radius 2 is 1.80 bits per heavy atom. The molecule has 0 spiro atoms. The van der Waals surface area contributed by atoms with Gasteiger partial charge < -0.3 is 10.2 Å². The lowest BCUT2D eigenvalue weighted by molar-refractivity contribution is 0.267. The van der Waals surface area contributed by atoms with Gasteiger partial charge >= 0.3 is 0 Å². The molecule has 2 nitrogen and oxygen atoms in total. The second-order valence-corrected chi connectivity index (χ2v) is 6.45. The van der Waals surface area contributed by atoms with Crippen LogP contribution in [0.3, 0.4) is 0 Å². The molecule has 1 aromatic rings. The molecule has 1 N–H and O–H groups in total. The molecule has 0 aliphatic carbocycles. The van der Waals surface area contributed by atoms with Crippen LogP contribution in [-0.4, -0.2) is 31.1 Å². The summed E-state index contributed by atoms with van der Waals surface area (Å²) in [6.45, 7) is 8.78. The highest BCUT2D eigenvalue weighted by molar-refractivity contribution is 6.42. The zero-order valence-electron chi connectivity index (χ0n) is 12.9. The van der Waals surface area contributed by atoms with Gasteiger partial charge in [0.2, 0.25) is 0 Å². The molecule has 0 aromatic heterocycles. The number of nitrogens with one attached hydrogen (secondary N) is 1. The summed E-state index contributed by atoms with van der Waals surface area (Å²) in [7, 11) is 2.18. The lowest BCUT2D eigenvalue weighted by Gasteiger charge is -2.21. The standard InChI is InChI=1S/C16H26Cl2N2/c1-12(2)20(4)10-6-5-9-19-13(3)14-7-8-15(17)16(18)11-14/h7-8,11-13,19H,5-6,9-10H2,1-4H3. The summed E-state index contributed by atoms with van der Waals surface area (Å²) in [5.41, 5.74) is 1.18. The van der Waals surface area contributed by atoms with Crippen LogP contribution in [0.4, 0.5) is 0 Å². The molecule has 4 heteroatoms. The van der Waals surface area contributed by atoms with E-state index in [1.165, 1.54) is 18.4 Å². The van der Waals surface area contributed by atoms with Crippen LogP contribution in [0.5, 0.6) is 0 Å². The smallest absolute Gasteiger partial charge is 0.0595 e. The van der Waals surface area contributed by atoms with E-state index in [2.05, 4.69) is 38.0 Å². The molecule has 0 radical (unpaired) electrons. The van der Waals surface area contributed by atoms with E-state index in [1.807, 2.05) is 18.2 Å². The van der Waals surface area contributed by atoms with Gasteiger partial charge in [-0.2, -0.15) is 0 Å². The second kappa shape index (κ2) is 8.89. The fourth-order valence-electron chi connectivity index (χ4n) is 1.96. The highest BCUT2D eigenvalue weighted by atomic mass is 35.5. The maximum atomic E-state index is 6.04.